The number of epoxide rings is 1. The maximum atomic E-state index is 5.50. The minimum atomic E-state index is 0.623. The second-order valence-corrected chi connectivity index (χ2v) is 3.72. The zero-order chi connectivity index (χ0) is 7.68. The van der Waals surface area contributed by atoms with Gasteiger partial charge >= 0.3 is 0 Å². The molecule has 1 aliphatic heterocycles. The number of hydrogen-bond acceptors (Lipinski definition) is 1. The second-order valence-electron chi connectivity index (χ2n) is 3.72. The highest BCUT2D eigenvalue weighted by Gasteiger charge is 2.38. The van der Waals surface area contributed by atoms with E-state index in [1.165, 1.54) is 32.1 Å². The highest BCUT2D eigenvalue weighted by atomic mass is 16.6. The summed E-state index contributed by atoms with van der Waals surface area (Å²) in [4.78, 5) is 0. The molecule has 3 atom stereocenters. The predicted octanol–water partition coefficient (Wildman–Crippen LogP) is 2.52. The summed E-state index contributed by atoms with van der Waals surface area (Å²) in [5, 5.41) is 0. The van der Waals surface area contributed by atoms with Gasteiger partial charge in [-0.3, -0.25) is 0 Å². The van der Waals surface area contributed by atoms with Gasteiger partial charge in [-0.1, -0.05) is 12.5 Å². The van der Waals surface area contributed by atoms with Gasteiger partial charge < -0.3 is 4.74 Å². The highest BCUT2D eigenvalue weighted by molar-refractivity contribution is 4.90. The molecule has 2 fully saturated rings. The topological polar surface area (TPSA) is 12.5 Å². The van der Waals surface area contributed by atoms with E-state index in [1.54, 1.807) is 0 Å². The van der Waals surface area contributed by atoms with Gasteiger partial charge in [-0.2, -0.15) is 0 Å². The van der Waals surface area contributed by atoms with Crippen molar-refractivity contribution in [1.82, 2.24) is 0 Å². The Kier molecular flexibility index (Phi) is 1.99. The Morgan fingerprint density at radius 1 is 1.09 bits per heavy atom. The third-order valence-electron chi connectivity index (χ3n) is 2.91. The Bertz CT molecular complexity index is 153. The van der Waals surface area contributed by atoms with E-state index in [4.69, 9.17) is 4.74 Å². The predicted molar refractivity (Wildman–Crippen MR) is 45.4 cm³/mol. The number of ether oxygens (including phenoxy) is 1. The molecular formula is C10H16O. The van der Waals surface area contributed by atoms with Gasteiger partial charge in [0, 0.05) is 0 Å². The van der Waals surface area contributed by atoms with Gasteiger partial charge in [0.1, 0.15) is 0 Å². The maximum Gasteiger partial charge on any atom is 0.0842 e. The summed E-state index contributed by atoms with van der Waals surface area (Å²) in [6, 6.07) is 0. The fourth-order valence-corrected chi connectivity index (χ4v) is 2.03. The van der Waals surface area contributed by atoms with Crippen LogP contribution in [-0.2, 0) is 4.74 Å². The van der Waals surface area contributed by atoms with Crippen molar-refractivity contribution < 1.29 is 4.74 Å². The molecule has 2 rings (SSSR count). The van der Waals surface area contributed by atoms with Gasteiger partial charge in [-0.15, -0.1) is 6.58 Å². The van der Waals surface area contributed by atoms with Gasteiger partial charge in [-0.05, 0) is 31.6 Å². The molecule has 2 aliphatic rings. The molecule has 1 heteroatoms. The lowest BCUT2D eigenvalue weighted by Crippen LogP contribution is -2.05. The first kappa shape index (κ1) is 7.35. The van der Waals surface area contributed by atoms with Gasteiger partial charge in [0.2, 0.25) is 0 Å². The van der Waals surface area contributed by atoms with Crippen LogP contribution in [0.25, 0.3) is 0 Å². The average Bonchev–Trinajstić information content (AvgIpc) is 2.68. The Hall–Kier alpha value is -0.300. The van der Waals surface area contributed by atoms with E-state index >= 15 is 0 Å². The van der Waals surface area contributed by atoms with Crippen LogP contribution in [0.2, 0.25) is 0 Å². The van der Waals surface area contributed by atoms with Gasteiger partial charge in [-0.25, -0.2) is 0 Å². The molecule has 0 bridgehead atoms. The van der Waals surface area contributed by atoms with E-state index in [0.29, 0.717) is 12.2 Å². The summed E-state index contributed by atoms with van der Waals surface area (Å²) in [6.07, 6.45) is 9.89. The lowest BCUT2D eigenvalue weighted by Gasteiger charge is -2.12. The molecule has 0 amide bonds. The molecule has 0 aromatic carbocycles. The molecule has 0 aromatic rings. The first-order chi connectivity index (χ1) is 5.40. The minimum absolute atomic E-state index is 0.623. The number of rotatable bonds is 1. The molecule has 1 heterocycles. The first-order valence-corrected chi connectivity index (χ1v) is 4.68. The van der Waals surface area contributed by atoms with Crippen molar-refractivity contribution in [3.8, 4) is 0 Å². The summed E-state index contributed by atoms with van der Waals surface area (Å²) in [6.45, 7) is 3.85. The van der Waals surface area contributed by atoms with Crippen molar-refractivity contribution in [1.29, 1.82) is 0 Å². The molecule has 62 valence electrons. The number of allylic oxidation sites excluding steroid dienone is 1. The Morgan fingerprint density at radius 3 is 2.73 bits per heavy atom. The average molecular weight is 152 g/mol. The van der Waals surface area contributed by atoms with E-state index in [9.17, 15) is 0 Å². The quantitative estimate of drug-likeness (QED) is 0.415. The van der Waals surface area contributed by atoms with Crippen LogP contribution in [-0.4, -0.2) is 12.2 Å². The van der Waals surface area contributed by atoms with Crippen LogP contribution in [0.3, 0.4) is 0 Å². The van der Waals surface area contributed by atoms with Gasteiger partial charge in [0.15, 0.2) is 0 Å². The molecule has 0 spiro atoms. The van der Waals surface area contributed by atoms with Crippen molar-refractivity contribution in [2.45, 2.75) is 44.3 Å². The van der Waals surface area contributed by atoms with Gasteiger partial charge in [0.05, 0.1) is 12.2 Å². The first-order valence-electron chi connectivity index (χ1n) is 4.68. The maximum absolute atomic E-state index is 5.50. The monoisotopic (exact) mass is 152 g/mol. The van der Waals surface area contributed by atoms with E-state index in [1.807, 2.05) is 0 Å². The minimum Gasteiger partial charge on any atom is -0.370 e. The molecular weight excluding hydrogens is 136 g/mol. The molecule has 0 aromatic heterocycles. The molecule has 0 radical (unpaired) electrons. The van der Waals surface area contributed by atoms with Crippen LogP contribution in [0.4, 0.5) is 0 Å². The van der Waals surface area contributed by atoms with Crippen molar-refractivity contribution in [2.75, 3.05) is 0 Å². The number of fused-ring (bicyclic) bond motifs is 1. The second kappa shape index (κ2) is 2.98. The van der Waals surface area contributed by atoms with Crippen LogP contribution in [0.1, 0.15) is 32.1 Å². The summed E-state index contributed by atoms with van der Waals surface area (Å²) < 4.78 is 5.50. The molecule has 11 heavy (non-hydrogen) atoms. The highest BCUT2D eigenvalue weighted by Crippen LogP contribution is 2.35. The van der Waals surface area contributed by atoms with E-state index in [2.05, 4.69) is 12.7 Å². The SMILES string of the molecule is C=CC1CCCC2OC2CC1. The van der Waals surface area contributed by atoms with Crippen molar-refractivity contribution in [3.63, 3.8) is 0 Å². The largest absolute Gasteiger partial charge is 0.370 e. The van der Waals surface area contributed by atoms with Crippen LogP contribution in [0.5, 0.6) is 0 Å². The third-order valence-corrected chi connectivity index (χ3v) is 2.91. The molecule has 1 saturated heterocycles. The van der Waals surface area contributed by atoms with E-state index in [0.717, 1.165) is 5.92 Å². The number of hydrogen-bond donors (Lipinski definition) is 0. The lowest BCUT2D eigenvalue weighted by molar-refractivity contribution is 0.357. The van der Waals surface area contributed by atoms with Crippen LogP contribution < -0.4 is 0 Å². The molecule has 0 N–H and O–H groups in total. The van der Waals surface area contributed by atoms with Crippen molar-refractivity contribution in [3.05, 3.63) is 12.7 Å². The Labute approximate surface area is 68.4 Å². The van der Waals surface area contributed by atoms with E-state index in [-0.39, 0.29) is 0 Å². The summed E-state index contributed by atoms with van der Waals surface area (Å²) in [5.74, 6) is 0.764. The van der Waals surface area contributed by atoms with Crippen LogP contribution in [0.15, 0.2) is 12.7 Å². The fraction of sp³-hybridized carbons (Fsp3) is 0.800. The molecule has 1 nitrogen and oxygen atoms in total. The third kappa shape index (κ3) is 1.64. The standard InChI is InChI=1S/C10H16O/c1-2-8-4-3-5-9-10(11-9)7-6-8/h2,8-10H,1,3-7H2. The summed E-state index contributed by atoms with van der Waals surface area (Å²) in [5.41, 5.74) is 0. The smallest absolute Gasteiger partial charge is 0.0842 e. The fourth-order valence-electron chi connectivity index (χ4n) is 2.03. The molecule has 1 aliphatic carbocycles. The van der Waals surface area contributed by atoms with Crippen LogP contribution in [0, 0.1) is 5.92 Å². The Balaban J connectivity index is 1.85. The zero-order valence-corrected chi connectivity index (χ0v) is 6.96. The van der Waals surface area contributed by atoms with Crippen LogP contribution >= 0.6 is 0 Å². The van der Waals surface area contributed by atoms with Crippen molar-refractivity contribution >= 4 is 0 Å². The Morgan fingerprint density at radius 2 is 1.91 bits per heavy atom. The normalized spacial score (nSPS) is 43.5. The molecule has 3 unspecified atom stereocenters. The molecule has 1 saturated carbocycles. The van der Waals surface area contributed by atoms with Gasteiger partial charge in [0.25, 0.3) is 0 Å². The lowest BCUT2D eigenvalue weighted by atomic mass is 9.91. The summed E-state index contributed by atoms with van der Waals surface area (Å²) >= 11 is 0. The van der Waals surface area contributed by atoms with E-state index < -0.39 is 0 Å². The zero-order valence-electron chi connectivity index (χ0n) is 6.96. The summed E-state index contributed by atoms with van der Waals surface area (Å²) in [7, 11) is 0. The van der Waals surface area contributed by atoms with Crippen molar-refractivity contribution in [2.24, 2.45) is 5.92 Å².